The second-order valence-electron chi connectivity index (χ2n) is 3.33. The van der Waals surface area contributed by atoms with Crippen molar-refractivity contribution in [1.82, 2.24) is 0 Å². The Morgan fingerprint density at radius 1 is 1.08 bits per heavy atom. The van der Waals surface area contributed by atoms with Crippen LogP contribution in [-0.2, 0) is 0 Å². The Morgan fingerprint density at radius 3 is 1.69 bits per heavy atom. The average molecular weight is 224 g/mol. The molecule has 0 fully saturated rings. The number of nitrogens with two attached hydrogens (primary N) is 2. The normalized spacial score (nSPS) is 13.1. The summed E-state index contributed by atoms with van der Waals surface area (Å²) in [6.07, 6.45) is 3.95. The molecule has 0 saturated heterocycles. The Kier molecular flexibility index (Phi) is 5.70. The van der Waals surface area contributed by atoms with E-state index in [1.165, 1.54) is 0 Å². The highest BCUT2D eigenvalue weighted by molar-refractivity contribution is 7.80. The van der Waals surface area contributed by atoms with Crippen molar-refractivity contribution in [3.63, 3.8) is 0 Å². The Balaban J connectivity index is 4.85. The highest BCUT2D eigenvalue weighted by atomic mass is 31.2. The van der Waals surface area contributed by atoms with Gasteiger partial charge in [-0.25, -0.2) is 0 Å². The topological polar surface area (TPSA) is 64.4 Å². The number of hydrogen-bond donors (Lipinski definition) is 2. The van der Waals surface area contributed by atoms with Gasteiger partial charge in [0.05, 0.1) is 19.5 Å². The first-order chi connectivity index (χ1) is 5.95. The van der Waals surface area contributed by atoms with Gasteiger partial charge in [0.1, 0.15) is 0 Å². The van der Waals surface area contributed by atoms with Gasteiger partial charge in [-0.05, 0) is 26.2 Å². The van der Waals surface area contributed by atoms with Gasteiger partial charge in [0.15, 0.2) is 7.56 Å². The first-order valence-corrected chi connectivity index (χ1v) is 9.37. The van der Waals surface area contributed by atoms with Crippen LogP contribution < -0.4 is 11.0 Å². The van der Waals surface area contributed by atoms with Crippen LogP contribution in [0.2, 0.25) is 0 Å². The Bertz CT molecular complexity index is 192. The summed E-state index contributed by atoms with van der Waals surface area (Å²) in [5.41, 5.74) is 12.5. The molecule has 0 saturated carbocycles. The monoisotopic (exact) mass is 224 g/mol. The quantitative estimate of drug-likeness (QED) is 0.705. The molecule has 0 aromatic heterocycles. The van der Waals surface area contributed by atoms with Crippen molar-refractivity contribution in [1.29, 1.82) is 0 Å². The van der Waals surface area contributed by atoms with Gasteiger partial charge >= 0.3 is 0 Å². The smallest absolute Gasteiger partial charge is 0.195 e. The number of nitrogens with zero attached hydrogens (tertiary/aromatic N) is 1. The highest BCUT2D eigenvalue weighted by Crippen LogP contribution is 2.60. The maximum Gasteiger partial charge on any atom is 0.195 e. The van der Waals surface area contributed by atoms with Crippen molar-refractivity contribution in [3.05, 3.63) is 0 Å². The van der Waals surface area contributed by atoms with Crippen molar-refractivity contribution in [3.8, 4) is 0 Å². The SMILES string of the molecule is CCP(N)(CC)=N[P+](N)(CC)CC. The van der Waals surface area contributed by atoms with E-state index in [9.17, 15) is 0 Å². The van der Waals surface area contributed by atoms with Crippen LogP contribution in [0.25, 0.3) is 0 Å². The molecule has 0 aromatic rings. The molecule has 0 radical (unpaired) electrons. The van der Waals surface area contributed by atoms with Crippen molar-refractivity contribution in [2.45, 2.75) is 27.7 Å². The third-order valence-corrected chi connectivity index (χ3v) is 9.78. The lowest BCUT2D eigenvalue weighted by molar-refractivity contribution is 1.30. The van der Waals surface area contributed by atoms with Crippen molar-refractivity contribution in [2.75, 3.05) is 24.6 Å². The third kappa shape index (κ3) is 4.08. The summed E-state index contributed by atoms with van der Waals surface area (Å²) < 4.78 is 4.79. The minimum atomic E-state index is -1.54. The van der Waals surface area contributed by atoms with Crippen LogP contribution >= 0.6 is 14.8 Å². The second-order valence-corrected chi connectivity index (χ2v) is 10.5. The molecule has 0 amide bonds. The molecule has 0 heterocycles. The first-order valence-electron chi connectivity index (χ1n) is 5.01. The molecule has 0 rings (SSSR count). The molecule has 4 N–H and O–H groups in total. The zero-order valence-electron chi connectivity index (χ0n) is 9.32. The fourth-order valence-electron chi connectivity index (χ4n) is 1.05. The Labute approximate surface area is 83.2 Å². The van der Waals surface area contributed by atoms with Crippen LogP contribution in [-0.4, -0.2) is 24.6 Å². The molecule has 0 spiro atoms. The predicted molar refractivity (Wildman–Crippen MR) is 66.8 cm³/mol. The van der Waals surface area contributed by atoms with Crippen LogP contribution in [0, 0.1) is 0 Å². The van der Waals surface area contributed by atoms with Crippen molar-refractivity contribution in [2.24, 2.45) is 15.5 Å². The molecule has 13 heavy (non-hydrogen) atoms. The Hall–Kier alpha value is 0.580. The van der Waals surface area contributed by atoms with Crippen LogP contribution in [0.3, 0.4) is 0 Å². The number of rotatable bonds is 5. The fraction of sp³-hybridized carbons (Fsp3) is 1.00. The fourth-order valence-corrected chi connectivity index (χ4v) is 6.81. The maximum atomic E-state index is 6.23. The minimum Gasteiger partial charge on any atom is -0.294 e. The van der Waals surface area contributed by atoms with Crippen molar-refractivity contribution < 1.29 is 0 Å². The lowest BCUT2D eigenvalue weighted by Gasteiger charge is -2.20. The third-order valence-electron chi connectivity index (χ3n) is 2.55. The zero-order valence-corrected chi connectivity index (χ0v) is 11.1. The van der Waals surface area contributed by atoms with Crippen molar-refractivity contribution >= 4 is 14.8 Å². The predicted octanol–water partition coefficient (Wildman–Crippen LogP) is 2.95. The molecular formula is C8H24N3P2+. The minimum absolute atomic E-state index is 0.989. The molecule has 0 aromatic carbocycles. The summed E-state index contributed by atoms with van der Waals surface area (Å²) in [5, 5.41) is 0. The van der Waals surface area contributed by atoms with E-state index < -0.39 is 14.8 Å². The molecule has 3 nitrogen and oxygen atoms in total. The molecule has 0 aliphatic carbocycles. The van der Waals surface area contributed by atoms with Gasteiger partial charge in [0, 0.05) is 0 Å². The van der Waals surface area contributed by atoms with E-state index in [2.05, 4.69) is 27.7 Å². The summed E-state index contributed by atoms with van der Waals surface area (Å²) in [6, 6.07) is 0. The number of hydrogen-bond acceptors (Lipinski definition) is 2. The second kappa shape index (κ2) is 5.46. The van der Waals surface area contributed by atoms with Gasteiger partial charge in [-0.1, -0.05) is 13.8 Å². The maximum absolute atomic E-state index is 6.23. The van der Waals surface area contributed by atoms with Crippen LogP contribution in [0.15, 0.2) is 4.52 Å². The summed E-state index contributed by atoms with van der Waals surface area (Å²) in [5.74, 6) is 0. The first kappa shape index (κ1) is 13.6. The van der Waals surface area contributed by atoms with Crippen LogP contribution in [0.4, 0.5) is 0 Å². The van der Waals surface area contributed by atoms with Gasteiger partial charge in [-0.3, -0.25) is 5.50 Å². The lowest BCUT2D eigenvalue weighted by atomic mass is 11.0. The van der Waals surface area contributed by atoms with Gasteiger partial charge in [-0.15, -0.1) is 4.52 Å². The molecule has 0 aliphatic heterocycles. The van der Waals surface area contributed by atoms with E-state index in [0.717, 1.165) is 24.6 Å². The van der Waals surface area contributed by atoms with E-state index in [0.29, 0.717) is 0 Å². The molecule has 0 bridgehead atoms. The standard InChI is InChI=1S/C8H24N3P2/c1-5-12(9,6-2)11-13(10,7-3)8-4/h5-10H2,1-4H3/q+1. The molecule has 0 unspecified atom stereocenters. The molecule has 0 aliphatic rings. The molecule has 0 atom stereocenters. The van der Waals surface area contributed by atoms with Crippen LogP contribution in [0.1, 0.15) is 27.7 Å². The lowest BCUT2D eigenvalue weighted by Crippen LogP contribution is -2.10. The summed E-state index contributed by atoms with van der Waals surface area (Å²) >= 11 is 0. The highest BCUT2D eigenvalue weighted by Gasteiger charge is 2.30. The zero-order chi connectivity index (χ0) is 10.5. The molecule has 5 heteroatoms. The summed E-state index contributed by atoms with van der Waals surface area (Å²) in [6.45, 7) is 8.49. The largest absolute Gasteiger partial charge is 0.294 e. The summed E-state index contributed by atoms with van der Waals surface area (Å²) in [4.78, 5) is 0. The summed E-state index contributed by atoms with van der Waals surface area (Å²) in [7, 11) is -3.07. The van der Waals surface area contributed by atoms with Gasteiger partial charge in [0.2, 0.25) is 0 Å². The van der Waals surface area contributed by atoms with Gasteiger partial charge < -0.3 is 0 Å². The van der Waals surface area contributed by atoms with E-state index >= 15 is 0 Å². The van der Waals surface area contributed by atoms with Gasteiger partial charge in [0.25, 0.3) is 0 Å². The average Bonchev–Trinajstić information content (AvgIpc) is 2.17. The molecular weight excluding hydrogens is 200 g/mol. The van der Waals surface area contributed by atoms with Gasteiger partial charge in [-0.2, -0.15) is 5.50 Å². The Morgan fingerprint density at radius 2 is 1.46 bits per heavy atom. The van der Waals surface area contributed by atoms with E-state index in [4.69, 9.17) is 15.5 Å². The van der Waals surface area contributed by atoms with E-state index in [-0.39, 0.29) is 0 Å². The molecule has 80 valence electrons. The van der Waals surface area contributed by atoms with E-state index in [1.54, 1.807) is 0 Å². The van der Waals surface area contributed by atoms with E-state index in [1.807, 2.05) is 0 Å². The van der Waals surface area contributed by atoms with Crippen LogP contribution in [0.5, 0.6) is 0 Å².